The summed E-state index contributed by atoms with van der Waals surface area (Å²) in [4.78, 5) is 15.6. The first-order valence-corrected chi connectivity index (χ1v) is 6.01. The smallest absolute Gasteiger partial charge is 0.252 e. The summed E-state index contributed by atoms with van der Waals surface area (Å²) in [5.74, 6) is -0.216. The second-order valence-corrected chi connectivity index (χ2v) is 4.24. The second-order valence-electron chi connectivity index (χ2n) is 4.24. The number of carbonyl (C=O) groups excluding carboxylic acids is 1. The molecule has 0 aliphatic carbocycles. The number of primary amides is 1. The summed E-state index contributed by atoms with van der Waals surface area (Å²) in [6.45, 7) is 0.448. The van der Waals surface area contributed by atoms with Crippen LogP contribution in [0.2, 0.25) is 0 Å². The first-order chi connectivity index (χ1) is 9.61. The van der Waals surface area contributed by atoms with Crippen molar-refractivity contribution in [2.75, 3.05) is 18.2 Å². The highest BCUT2D eigenvalue weighted by molar-refractivity contribution is 5.99. The summed E-state index contributed by atoms with van der Waals surface area (Å²) in [5, 5.41) is 3.09. The van der Waals surface area contributed by atoms with Gasteiger partial charge >= 0.3 is 0 Å². The molecule has 0 unspecified atom stereocenters. The predicted octanol–water partition coefficient (Wildman–Crippen LogP) is 1.65. The molecular formula is C14H16N4O2. The summed E-state index contributed by atoms with van der Waals surface area (Å²) in [7, 11) is 1.62. The Labute approximate surface area is 116 Å². The molecule has 1 heterocycles. The van der Waals surface area contributed by atoms with E-state index in [0.29, 0.717) is 18.1 Å². The lowest BCUT2D eigenvalue weighted by Crippen LogP contribution is -2.15. The van der Waals surface area contributed by atoms with Gasteiger partial charge in [-0.25, -0.2) is 4.98 Å². The van der Waals surface area contributed by atoms with Crippen molar-refractivity contribution >= 4 is 23.1 Å². The third kappa shape index (κ3) is 3.04. The number of rotatable bonds is 5. The molecule has 0 radical (unpaired) electrons. The normalized spacial score (nSPS) is 10.2. The van der Waals surface area contributed by atoms with Gasteiger partial charge in [-0.15, -0.1) is 0 Å². The van der Waals surface area contributed by atoms with E-state index in [1.807, 2.05) is 24.3 Å². The SMILES string of the molecule is COCc1ccccc1Nc1ncc(N)cc1C(N)=O. The van der Waals surface area contributed by atoms with Crippen molar-refractivity contribution in [3.8, 4) is 0 Å². The van der Waals surface area contributed by atoms with Crippen LogP contribution in [0, 0.1) is 0 Å². The van der Waals surface area contributed by atoms with Gasteiger partial charge in [0.2, 0.25) is 0 Å². The van der Waals surface area contributed by atoms with Gasteiger partial charge in [0.15, 0.2) is 0 Å². The maximum Gasteiger partial charge on any atom is 0.252 e. The molecule has 1 aromatic heterocycles. The van der Waals surface area contributed by atoms with Gasteiger partial charge in [-0.05, 0) is 12.1 Å². The highest BCUT2D eigenvalue weighted by atomic mass is 16.5. The number of nitrogens with two attached hydrogens (primary N) is 2. The van der Waals surface area contributed by atoms with Crippen LogP contribution in [0.15, 0.2) is 36.5 Å². The Morgan fingerprint density at radius 2 is 2.15 bits per heavy atom. The molecule has 104 valence electrons. The zero-order chi connectivity index (χ0) is 14.5. The number of benzene rings is 1. The quantitative estimate of drug-likeness (QED) is 0.768. The van der Waals surface area contributed by atoms with Crippen LogP contribution in [-0.2, 0) is 11.3 Å². The Morgan fingerprint density at radius 3 is 2.85 bits per heavy atom. The number of hydrogen-bond donors (Lipinski definition) is 3. The minimum absolute atomic E-state index is 0.247. The summed E-state index contributed by atoms with van der Waals surface area (Å²) in [5.41, 5.74) is 13.3. The monoisotopic (exact) mass is 272 g/mol. The zero-order valence-corrected chi connectivity index (χ0v) is 11.1. The molecule has 5 N–H and O–H groups in total. The zero-order valence-electron chi connectivity index (χ0n) is 11.1. The number of para-hydroxylation sites is 1. The number of aromatic nitrogens is 1. The molecule has 0 aliphatic rings. The van der Waals surface area contributed by atoms with Crippen LogP contribution in [0.4, 0.5) is 17.2 Å². The number of hydrogen-bond acceptors (Lipinski definition) is 5. The van der Waals surface area contributed by atoms with E-state index in [1.165, 1.54) is 12.3 Å². The predicted molar refractivity (Wildman–Crippen MR) is 77.6 cm³/mol. The van der Waals surface area contributed by atoms with E-state index >= 15 is 0 Å². The van der Waals surface area contributed by atoms with E-state index in [4.69, 9.17) is 16.2 Å². The number of amides is 1. The topological polar surface area (TPSA) is 103 Å². The number of pyridine rings is 1. The van der Waals surface area contributed by atoms with E-state index in [-0.39, 0.29) is 5.56 Å². The standard InChI is InChI=1S/C14H16N4O2/c1-20-8-9-4-2-3-5-12(9)18-14-11(13(16)19)6-10(15)7-17-14/h2-7H,8,15H2,1H3,(H2,16,19)(H,17,18). The molecule has 6 heteroatoms. The number of nitrogens with one attached hydrogen (secondary N) is 1. The molecule has 0 saturated carbocycles. The largest absolute Gasteiger partial charge is 0.397 e. The highest BCUT2D eigenvalue weighted by Gasteiger charge is 2.12. The average molecular weight is 272 g/mol. The summed E-state index contributed by atoms with van der Waals surface area (Å²) >= 11 is 0. The fraction of sp³-hybridized carbons (Fsp3) is 0.143. The van der Waals surface area contributed by atoms with Crippen LogP contribution >= 0.6 is 0 Å². The number of ether oxygens (including phenoxy) is 1. The van der Waals surface area contributed by atoms with Crippen LogP contribution in [0.3, 0.4) is 0 Å². The molecule has 0 saturated heterocycles. The van der Waals surface area contributed by atoms with Gasteiger partial charge in [-0.1, -0.05) is 18.2 Å². The Morgan fingerprint density at radius 1 is 1.40 bits per heavy atom. The van der Waals surface area contributed by atoms with E-state index in [0.717, 1.165) is 11.3 Å². The lowest BCUT2D eigenvalue weighted by Gasteiger charge is -2.13. The fourth-order valence-corrected chi connectivity index (χ4v) is 1.82. The lowest BCUT2D eigenvalue weighted by molar-refractivity contribution is 0.100. The van der Waals surface area contributed by atoms with Crippen molar-refractivity contribution in [1.29, 1.82) is 0 Å². The van der Waals surface area contributed by atoms with Crippen LogP contribution in [-0.4, -0.2) is 18.0 Å². The van der Waals surface area contributed by atoms with E-state index in [1.54, 1.807) is 7.11 Å². The average Bonchev–Trinajstić information content (AvgIpc) is 2.43. The minimum Gasteiger partial charge on any atom is -0.397 e. The van der Waals surface area contributed by atoms with Crippen LogP contribution in [0.25, 0.3) is 0 Å². The number of methoxy groups -OCH3 is 1. The molecule has 1 amide bonds. The molecule has 0 fully saturated rings. The van der Waals surface area contributed by atoms with Gasteiger partial charge in [0.1, 0.15) is 5.82 Å². The van der Waals surface area contributed by atoms with Crippen molar-refractivity contribution in [1.82, 2.24) is 4.98 Å². The van der Waals surface area contributed by atoms with Gasteiger partial charge < -0.3 is 21.5 Å². The molecule has 0 atom stereocenters. The first kappa shape index (κ1) is 13.8. The van der Waals surface area contributed by atoms with Crippen molar-refractivity contribution in [3.63, 3.8) is 0 Å². The molecule has 2 rings (SSSR count). The molecule has 0 aliphatic heterocycles. The molecule has 0 bridgehead atoms. The van der Waals surface area contributed by atoms with Crippen molar-refractivity contribution in [2.45, 2.75) is 6.61 Å². The Kier molecular flexibility index (Phi) is 4.17. The maximum atomic E-state index is 11.4. The van der Waals surface area contributed by atoms with E-state index in [2.05, 4.69) is 10.3 Å². The van der Waals surface area contributed by atoms with Gasteiger partial charge in [0, 0.05) is 18.4 Å². The molecule has 2 aromatic rings. The van der Waals surface area contributed by atoms with Crippen LogP contribution in [0.1, 0.15) is 15.9 Å². The van der Waals surface area contributed by atoms with Gasteiger partial charge in [0.05, 0.1) is 24.1 Å². The maximum absolute atomic E-state index is 11.4. The summed E-state index contributed by atoms with van der Waals surface area (Å²) in [6, 6.07) is 9.08. The third-order valence-corrected chi connectivity index (χ3v) is 2.74. The van der Waals surface area contributed by atoms with Crippen molar-refractivity contribution in [3.05, 3.63) is 47.7 Å². The number of anilines is 3. The minimum atomic E-state index is -0.587. The van der Waals surface area contributed by atoms with Gasteiger partial charge in [0.25, 0.3) is 5.91 Å². The van der Waals surface area contributed by atoms with Gasteiger partial charge in [-0.3, -0.25) is 4.79 Å². The third-order valence-electron chi connectivity index (χ3n) is 2.74. The summed E-state index contributed by atoms with van der Waals surface area (Å²) < 4.78 is 5.13. The Balaban J connectivity index is 2.37. The number of nitrogen functional groups attached to an aromatic ring is 1. The molecule has 20 heavy (non-hydrogen) atoms. The molecule has 1 aromatic carbocycles. The van der Waals surface area contributed by atoms with Crippen LogP contribution < -0.4 is 16.8 Å². The summed E-state index contributed by atoms with van der Waals surface area (Å²) in [6.07, 6.45) is 1.47. The Hall–Kier alpha value is -2.60. The van der Waals surface area contributed by atoms with E-state index < -0.39 is 5.91 Å². The molecular weight excluding hydrogens is 256 g/mol. The Bertz CT molecular complexity index is 628. The lowest BCUT2D eigenvalue weighted by atomic mass is 10.1. The van der Waals surface area contributed by atoms with E-state index in [9.17, 15) is 4.79 Å². The first-order valence-electron chi connectivity index (χ1n) is 6.01. The number of carbonyl (C=O) groups is 1. The molecule has 6 nitrogen and oxygen atoms in total. The van der Waals surface area contributed by atoms with Crippen molar-refractivity contribution < 1.29 is 9.53 Å². The molecule has 0 spiro atoms. The van der Waals surface area contributed by atoms with Crippen LogP contribution in [0.5, 0.6) is 0 Å². The van der Waals surface area contributed by atoms with Crippen molar-refractivity contribution in [2.24, 2.45) is 5.73 Å². The second kappa shape index (κ2) is 6.03. The fourth-order valence-electron chi connectivity index (χ4n) is 1.82. The van der Waals surface area contributed by atoms with Gasteiger partial charge in [-0.2, -0.15) is 0 Å². The highest BCUT2D eigenvalue weighted by Crippen LogP contribution is 2.23. The number of nitrogens with zero attached hydrogens (tertiary/aromatic N) is 1.